The Hall–Kier alpha value is -1.36. The van der Waals surface area contributed by atoms with Gasteiger partial charge in [0.25, 0.3) is 0 Å². The van der Waals surface area contributed by atoms with Crippen LogP contribution in [0.5, 0.6) is 0 Å². The fraction of sp³-hybridized carbons (Fsp3) is 0.714. The summed E-state index contributed by atoms with van der Waals surface area (Å²) in [7, 11) is 0. The molecule has 4 rings (SSSR count). The lowest BCUT2D eigenvalue weighted by molar-refractivity contribution is 0.466. The summed E-state index contributed by atoms with van der Waals surface area (Å²) in [5, 5.41) is 3.52. The molecular formula is C14H21N5. The van der Waals surface area contributed by atoms with E-state index in [0.29, 0.717) is 11.3 Å². The van der Waals surface area contributed by atoms with Crippen LogP contribution in [0.15, 0.2) is 6.07 Å². The highest BCUT2D eigenvalue weighted by Gasteiger charge is 2.53. The van der Waals surface area contributed by atoms with Crippen LogP contribution in [0.1, 0.15) is 50.3 Å². The van der Waals surface area contributed by atoms with Gasteiger partial charge in [-0.25, -0.2) is 15.8 Å². The van der Waals surface area contributed by atoms with E-state index in [4.69, 9.17) is 5.84 Å². The maximum absolute atomic E-state index is 5.49. The first-order valence-electron chi connectivity index (χ1n) is 7.39. The molecule has 5 nitrogen and oxygen atoms in total. The van der Waals surface area contributed by atoms with Gasteiger partial charge in [0.2, 0.25) is 0 Å². The third-order valence-corrected chi connectivity index (χ3v) is 4.79. The maximum atomic E-state index is 5.49. The summed E-state index contributed by atoms with van der Waals surface area (Å²) in [6.07, 6.45) is 8.03. The van der Waals surface area contributed by atoms with Crippen molar-refractivity contribution in [2.45, 2.75) is 44.4 Å². The standard InChI is InChI=1S/C14H21N5/c15-19-12-7-11(17-13(18-12)9-1-2-9)16-8-14(5-6-14)10-3-4-10/h7,9-10H,1-6,8,15H2,(H2,16,17,18,19). The van der Waals surface area contributed by atoms with Crippen molar-refractivity contribution in [3.05, 3.63) is 11.9 Å². The summed E-state index contributed by atoms with van der Waals surface area (Å²) in [5.74, 6) is 9.60. The Morgan fingerprint density at radius 2 is 1.89 bits per heavy atom. The smallest absolute Gasteiger partial charge is 0.145 e. The first-order chi connectivity index (χ1) is 9.29. The average molecular weight is 259 g/mol. The zero-order chi connectivity index (χ0) is 12.9. The van der Waals surface area contributed by atoms with Gasteiger partial charge < -0.3 is 10.7 Å². The molecule has 0 saturated heterocycles. The molecule has 3 fully saturated rings. The van der Waals surface area contributed by atoms with E-state index in [0.717, 1.165) is 29.9 Å². The molecule has 0 spiro atoms. The lowest BCUT2D eigenvalue weighted by atomic mass is 10.0. The number of rotatable bonds is 6. The van der Waals surface area contributed by atoms with E-state index in [1.807, 2.05) is 6.07 Å². The number of hydrogen-bond donors (Lipinski definition) is 3. The largest absolute Gasteiger partial charge is 0.369 e. The van der Waals surface area contributed by atoms with Crippen LogP contribution in [0.2, 0.25) is 0 Å². The highest BCUT2D eigenvalue weighted by molar-refractivity contribution is 5.48. The van der Waals surface area contributed by atoms with Gasteiger partial charge in [0.1, 0.15) is 17.5 Å². The van der Waals surface area contributed by atoms with Crippen LogP contribution >= 0.6 is 0 Å². The van der Waals surface area contributed by atoms with Gasteiger partial charge in [-0.1, -0.05) is 0 Å². The molecule has 19 heavy (non-hydrogen) atoms. The normalized spacial score (nSPS) is 24.1. The maximum Gasteiger partial charge on any atom is 0.145 e. The molecule has 1 heterocycles. The quantitative estimate of drug-likeness (QED) is 0.539. The number of anilines is 2. The highest BCUT2D eigenvalue weighted by Crippen LogP contribution is 2.61. The summed E-state index contributed by atoms with van der Waals surface area (Å²) in [4.78, 5) is 9.07. The molecule has 102 valence electrons. The van der Waals surface area contributed by atoms with Crippen molar-refractivity contribution in [3.8, 4) is 0 Å². The minimum atomic E-state index is 0.548. The lowest BCUT2D eigenvalue weighted by Crippen LogP contribution is -2.19. The molecule has 0 bridgehead atoms. The molecule has 0 aromatic carbocycles. The van der Waals surface area contributed by atoms with Crippen molar-refractivity contribution < 1.29 is 0 Å². The molecular weight excluding hydrogens is 238 g/mol. The van der Waals surface area contributed by atoms with Gasteiger partial charge in [-0.2, -0.15) is 0 Å². The highest BCUT2D eigenvalue weighted by atomic mass is 15.3. The van der Waals surface area contributed by atoms with Crippen LogP contribution in [0.4, 0.5) is 11.6 Å². The van der Waals surface area contributed by atoms with Crippen molar-refractivity contribution >= 4 is 11.6 Å². The number of nitrogens with one attached hydrogen (secondary N) is 2. The SMILES string of the molecule is NNc1cc(NCC2(C3CC3)CC2)nc(C2CC2)n1. The summed E-state index contributed by atoms with van der Waals surface area (Å²) in [5.41, 5.74) is 3.23. The number of hydrazine groups is 1. The summed E-state index contributed by atoms with van der Waals surface area (Å²) in [6.45, 7) is 1.06. The zero-order valence-corrected chi connectivity index (χ0v) is 11.2. The molecule has 3 saturated carbocycles. The van der Waals surface area contributed by atoms with E-state index < -0.39 is 0 Å². The number of nitrogen functional groups attached to an aromatic ring is 1. The second-order valence-electron chi connectivity index (χ2n) is 6.41. The molecule has 0 unspecified atom stereocenters. The molecule has 1 aromatic rings. The monoisotopic (exact) mass is 259 g/mol. The third kappa shape index (κ3) is 2.27. The molecule has 5 heteroatoms. The van der Waals surface area contributed by atoms with Crippen LogP contribution in [0.3, 0.4) is 0 Å². The minimum Gasteiger partial charge on any atom is -0.369 e. The first kappa shape index (κ1) is 11.5. The molecule has 3 aliphatic carbocycles. The number of hydrogen-bond acceptors (Lipinski definition) is 5. The molecule has 3 aliphatic rings. The van der Waals surface area contributed by atoms with Gasteiger partial charge in [-0.15, -0.1) is 0 Å². The van der Waals surface area contributed by atoms with E-state index in [9.17, 15) is 0 Å². The second kappa shape index (κ2) is 4.07. The Kier molecular flexibility index (Phi) is 2.45. The summed E-state index contributed by atoms with van der Waals surface area (Å²) in [6, 6.07) is 1.91. The fourth-order valence-corrected chi connectivity index (χ4v) is 3.01. The van der Waals surface area contributed by atoms with Crippen molar-refractivity contribution in [3.63, 3.8) is 0 Å². The van der Waals surface area contributed by atoms with Gasteiger partial charge in [-0.05, 0) is 49.9 Å². The molecule has 0 atom stereocenters. The molecule has 4 N–H and O–H groups in total. The van der Waals surface area contributed by atoms with Crippen molar-refractivity contribution in [1.82, 2.24) is 9.97 Å². The Bertz CT molecular complexity index is 489. The van der Waals surface area contributed by atoms with Crippen LogP contribution in [-0.2, 0) is 0 Å². The topological polar surface area (TPSA) is 75.9 Å². The number of nitrogens with zero attached hydrogens (tertiary/aromatic N) is 2. The first-order valence-corrected chi connectivity index (χ1v) is 7.39. The van der Waals surface area contributed by atoms with Gasteiger partial charge in [0.15, 0.2) is 0 Å². The zero-order valence-electron chi connectivity index (χ0n) is 11.2. The van der Waals surface area contributed by atoms with Crippen molar-refractivity contribution in [2.24, 2.45) is 17.2 Å². The minimum absolute atomic E-state index is 0.548. The number of aromatic nitrogens is 2. The van der Waals surface area contributed by atoms with Gasteiger partial charge in [0, 0.05) is 18.5 Å². The fourth-order valence-electron chi connectivity index (χ4n) is 3.01. The van der Waals surface area contributed by atoms with E-state index in [1.54, 1.807) is 0 Å². The van der Waals surface area contributed by atoms with Gasteiger partial charge >= 0.3 is 0 Å². The van der Waals surface area contributed by atoms with E-state index >= 15 is 0 Å². The van der Waals surface area contributed by atoms with Crippen LogP contribution in [-0.4, -0.2) is 16.5 Å². The Morgan fingerprint density at radius 1 is 1.16 bits per heavy atom. The van der Waals surface area contributed by atoms with Crippen LogP contribution in [0, 0.1) is 11.3 Å². The molecule has 0 amide bonds. The van der Waals surface area contributed by atoms with Crippen molar-refractivity contribution in [1.29, 1.82) is 0 Å². The molecule has 0 radical (unpaired) electrons. The second-order valence-corrected chi connectivity index (χ2v) is 6.41. The van der Waals surface area contributed by atoms with Crippen LogP contribution in [0.25, 0.3) is 0 Å². The lowest BCUT2D eigenvalue weighted by Gasteiger charge is -2.16. The van der Waals surface area contributed by atoms with Crippen molar-refractivity contribution in [2.75, 3.05) is 17.3 Å². The third-order valence-electron chi connectivity index (χ3n) is 4.79. The Labute approximate surface area is 113 Å². The van der Waals surface area contributed by atoms with E-state index in [1.165, 1.54) is 38.5 Å². The van der Waals surface area contributed by atoms with E-state index in [2.05, 4.69) is 20.7 Å². The van der Waals surface area contributed by atoms with Crippen LogP contribution < -0.4 is 16.6 Å². The van der Waals surface area contributed by atoms with Gasteiger partial charge in [0.05, 0.1) is 0 Å². The van der Waals surface area contributed by atoms with E-state index in [-0.39, 0.29) is 0 Å². The number of nitrogens with two attached hydrogens (primary N) is 1. The summed E-state index contributed by atoms with van der Waals surface area (Å²) < 4.78 is 0. The predicted molar refractivity (Wildman–Crippen MR) is 74.7 cm³/mol. The summed E-state index contributed by atoms with van der Waals surface area (Å²) >= 11 is 0. The predicted octanol–water partition coefficient (Wildman–Crippen LogP) is 2.24. The average Bonchev–Trinajstić information content (AvgIpc) is 3.32. The molecule has 1 aromatic heterocycles. The Morgan fingerprint density at radius 3 is 2.47 bits per heavy atom. The Balaban J connectivity index is 1.48. The molecule has 0 aliphatic heterocycles. The van der Waals surface area contributed by atoms with Gasteiger partial charge in [-0.3, -0.25) is 0 Å².